The van der Waals surface area contributed by atoms with Crippen LogP contribution in [0.5, 0.6) is 0 Å². The molecule has 2 nitrogen and oxygen atoms in total. The van der Waals surface area contributed by atoms with E-state index in [4.69, 9.17) is 0 Å². The third kappa shape index (κ3) is 2.48. The molecule has 2 bridgehead atoms. The molecule has 2 aliphatic rings. The van der Waals surface area contributed by atoms with Crippen molar-refractivity contribution in [3.8, 4) is 0 Å². The van der Waals surface area contributed by atoms with E-state index >= 15 is 0 Å². The molecule has 0 saturated heterocycles. The fourth-order valence-electron chi connectivity index (χ4n) is 4.01. The van der Waals surface area contributed by atoms with Gasteiger partial charge in [-0.25, -0.2) is 0 Å². The van der Waals surface area contributed by atoms with Gasteiger partial charge >= 0.3 is 0 Å². The maximum absolute atomic E-state index is 4.29. The standard InChI is InChI=1S/C15H21BrN2/c1-17-15(13-6-14(16)9-18-8-13)7-12-5-10-2-3-11(12)4-10/h6,8-12,15,17H,2-5,7H2,1H3. The van der Waals surface area contributed by atoms with Crippen LogP contribution in [0.4, 0.5) is 0 Å². The molecule has 2 aliphatic carbocycles. The number of fused-ring (bicyclic) bond motifs is 2. The van der Waals surface area contributed by atoms with Crippen LogP contribution in [-0.2, 0) is 0 Å². The highest BCUT2D eigenvalue weighted by molar-refractivity contribution is 9.10. The zero-order valence-electron chi connectivity index (χ0n) is 10.9. The van der Waals surface area contributed by atoms with E-state index in [1.165, 1.54) is 37.7 Å². The molecule has 4 atom stereocenters. The van der Waals surface area contributed by atoms with E-state index < -0.39 is 0 Å². The van der Waals surface area contributed by atoms with Crippen molar-refractivity contribution in [3.63, 3.8) is 0 Å². The van der Waals surface area contributed by atoms with E-state index in [1.807, 2.05) is 12.4 Å². The normalized spacial score (nSPS) is 31.8. The molecule has 2 fully saturated rings. The van der Waals surface area contributed by atoms with Gasteiger partial charge in [-0.2, -0.15) is 0 Å². The number of hydrogen-bond acceptors (Lipinski definition) is 2. The molecule has 3 heteroatoms. The van der Waals surface area contributed by atoms with Gasteiger partial charge in [0.25, 0.3) is 0 Å². The van der Waals surface area contributed by atoms with Crippen LogP contribution in [0.2, 0.25) is 0 Å². The van der Waals surface area contributed by atoms with Crippen molar-refractivity contribution >= 4 is 15.9 Å². The monoisotopic (exact) mass is 308 g/mol. The fourth-order valence-corrected chi connectivity index (χ4v) is 4.39. The molecule has 0 aromatic carbocycles. The summed E-state index contributed by atoms with van der Waals surface area (Å²) in [6.07, 6.45) is 11.1. The zero-order valence-corrected chi connectivity index (χ0v) is 12.5. The summed E-state index contributed by atoms with van der Waals surface area (Å²) in [5.74, 6) is 2.98. The van der Waals surface area contributed by atoms with Crippen LogP contribution < -0.4 is 5.32 Å². The molecule has 18 heavy (non-hydrogen) atoms. The van der Waals surface area contributed by atoms with Crippen molar-refractivity contribution in [3.05, 3.63) is 28.5 Å². The number of hydrogen-bond donors (Lipinski definition) is 1. The predicted molar refractivity (Wildman–Crippen MR) is 77.3 cm³/mol. The summed E-state index contributed by atoms with van der Waals surface area (Å²) < 4.78 is 1.08. The van der Waals surface area contributed by atoms with Crippen LogP contribution in [-0.4, -0.2) is 12.0 Å². The molecule has 1 heterocycles. The predicted octanol–water partition coefficient (Wildman–Crippen LogP) is 3.93. The third-order valence-corrected chi connectivity index (χ3v) is 5.33. The Morgan fingerprint density at radius 3 is 2.89 bits per heavy atom. The molecule has 4 unspecified atom stereocenters. The van der Waals surface area contributed by atoms with Crippen molar-refractivity contribution in [2.45, 2.75) is 38.1 Å². The SMILES string of the molecule is CNC(CC1CC2CCC1C2)c1cncc(Br)c1. The molecule has 1 aromatic heterocycles. The number of nitrogens with one attached hydrogen (secondary N) is 1. The average Bonchev–Trinajstić information content (AvgIpc) is 2.98. The lowest BCUT2D eigenvalue weighted by molar-refractivity contribution is 0.284. The van der Waals surface area contributed by atoms with Crippen LogP contribution >= 0.6 is 15.9 Å². The minimum absolute atomic E-state index is 0.458. The molecule has 2 saturated carbocycles. The van der Waals surface area contributed by atoms with Crippen LogP contribution in [0, 0.1) is 17.8 Å². The summed E-state index contributed by atoms with van der Waals surface area (Å²) in [4.78, 5) is 4.29. The molecule has 3 rings (SSSR count). The lowest BCUT2D eigenvalue weighted by Gasteiger charge is -2.26. The molecule has 98 valence electrons. The van der Waals surface area contributed by atoms with E-state index in [0.29, 0.717) is 6.04 Å². The molecule has 0 amide bonds. The largest absolute Gasteiger partial charge is 0.313 e. The van der Waals surface area contributed by atoms with Gasteiger partial charge in [0.1, 0.15) is 0 Å². The molecular weight excluding hydrogens is 288 g/mol. The van der Waals surface area contributed by atoms with Crippen LogP contribution in [0.3, 0.4) is 0 Å². The smallest absolute Gasteiger partial charge is 0.0410 e. The van der Waals surface area contributed by atoms with Gasteiger partial charge in [-0.1, -0.05) is 6.42 Å². The Morgan fingerprint density at radius 1 is 1.39 bits per heavy atom. The number of rotatable bonds is 4. The van der Waals surface area contributed by atoms with E-state index in [0.717, 1.165) is 22.2 Å². The topological polar surface area (TPSA) is 24.9 Å². The summed E-state index contributed by atoms with van der Waals surface area (Å²) in [7, 11) is 2.07. The highest BCUT2D eigenvalue weighted by Crippen LogP contribution is 2.50. The number of aromatic nitrogens is 1. The molecule has 1 N–H and O–H groups in total. The molecule has 0 radical (unpaired) electrons. The van der Waals surface area contributed by atoms with Gasteiger partial charge in [0.05, 0.1) is 0 Å². The van der Waals surface area contributed by atoms with Crippen molar-refractivity contribution < 1.29 is 0 Å². The number of pyridine rings is 1. The molecule has 1 aromatic rings. The van der Waals surface area contributed by atoms with E-state index in [2.05, 4.69) is 39.3 Å². The molecule has 0 spiro atoms. The lowest BCUT2D eigenvalue weighted by Crippen LogP contribution is -2.22. The molecular formula is C15H21BrN2. The average molecular weight is 309 g/mol. The quantitative estimate of drug-likeness (QED) is 0.911. The Morgan fingerprint density at radius 2 is 2.28 bits per heavy atom. The lowest BCUT2D eigenvalue weighted by atomic mass is 9.83. The van der Waals surface area contributed by atoms with Crippen LogP contribution in [0.25, 0.3) is 0 Å². The van der Waals surface area contributed by atoms with Crippen molar-refractivity contribution in [1.82, 2.24) is 10.3 Å². The number of halogens is 1. The Kier molecular flexibility index (Phi) is 3.71. The van der Waals surface area contributed by atoms with Gasteiger partial charge < -0.3 is 5.32 Å². The van der Waals surface area contributed by atoms with Gasteiger partial charge in [0, 0.05) is 22.9 Å². The third-order valence-electron chi connectivity index (χ3n) is 4.90. The number of nitrogens with zero attached hydrogens (tertiary/aromatic N) is 1. The van der Waals surface area contributed by atoms with Gasteiger partial charge in [0.15, 0.2) is 0 Å². The Balaban J connectivity index is 1.69. The van der Waals surface area contributed by atoms with Gasteiger partial charge in [-0.05, 0) is 78.0 Å². The van der Waals surface area contributed by atoms with Gasteiger partial charge in [0.2, 0.25) is 0 Å². The summed E-state index contributed by atoms with van der Waals surface area (Å²) >= 11 is 3.51. The van der Waals surface area contributed by atoms with E-state index in [9.17, 15) is 0 Å². The minimum atomic E-state index is 0.458. The first-order valence-corrected chi connectivity index (χ1v) is 7.83. The Labute approximate surface area is 118 Å². The second-order valence-corrected chi connectivity index (χ2v) is 6.86. The molecule has 0 aliphatic heterocycles. The first-order valence-electron chi connectivity index (χ1n) is 7.04. The zero-order chi connectivity index (χ0) is 12.5. The summed E-state index contributed by atoms with van der Waals surface area (Å²) in [5.41, 5.74) is 1.31. The van der Waals surface area contributed by atoms with Crippen LogP contribution in [0.15, 0.2) is 22.9 Å². The van der Waals surface area contributed by atoms with Crippen molar-refractivity contribution in [2.75, 3.05) is 7.05 Å². The first-order chi connectivity index (χ1) is 8.76. The Bertz CT molecular complexity index is 421. The van der Waals surface area contributed by atoms with E-state index in [1.54, 1.807) is 0 Å². The first kappa shape index (κ1) is 12.6. The van der Waals surface area contributed by atoms with Gasteiger partial charge in [-0.15, -0.1) is 0 Å². The highest BCUT2D eigenvalue weighted by Gasteiger charge is 2.40. The van der Waals surface area contributed by atoms with Crippen LogP contribution in [0.1, 0.15) is 43.7 Å². The van der Waals surface area contributed by atoms with E-state index in [-0.39, 0.29) is 0 Å². The summed E-state index contributed by atoms with van der Waals surface area (Å²) in [5, 5.41) is 3.47. The van der Waals surface area contributed by atoms with Crippen molar-refractivity contribution in [2.24, 2.45) is 17.8 Å². The van der Waals surface area contributed by atoms with Gasteiger partial charge in [-0.3, -0.25) is 4.98 Å². The summed E-state index contributed by atoms with van der Waals surface area (Å²) in [6, 6.07) is 2.65. The Hall–Kier alpha value is -0.410. The van der Waals surface area contributed by atoms with Crippen molar-refractivity contribution in [1.29, 1.82) is 0 Å². The second-order valence-electron chi connectivity index (χ2n) is 5.95. The second kappa shape index (κ2) is 5.30. The minimum Gasteiger partial charge on any atom is -0.313 e. The highest BCUT2D eigenvalue weighted by atomic mass is 79.9. The maximum Gasteiger partial charge on any atom is 0.0410 e. The maximum atomic E-state index is 4.29. The summed E-state index contributed by atoms with van der Waals surface area (Å²) in [6.45, 7) is 0. The fraction of sp³-hybridized carbons (Fsp3) is 0.667.